The summed E-state index contributed by atoms with van der Waals surface area (Å²) < 4.78 is 7.21. The summed E-state index contributed by atoms with van der Waals surface area (Å²) in [6.07, 6.45) is 0.857. The second-order valence-corrected chi connectivity index (χ2v) is 9.67. The second kappa shape index (κ2) is 11.1. The average molecular weight is 525 g/mol. The molecule has 0 atom stereocenters. The van der Waals surface area contributed by atoms with E-state index in [0.29, 0.717) is 35.7 Å². The van der Waals surface area contributed by atoms with Crippen LogP contribution in [-0.2, 0) is 16.1 Å². The number of carbonyl (C=O) groups is 2. The fraction of sp³-hybridized carbons (Fsp3) is 0.370. The maximum Gasteiger partial charge on any atom is 0.352 e. The van der Waals surface area contributed by atoms with E-state index in [2.05, 4.69) is 5.10 Å². The van der Waals surface area contributed by atoms with E-state index in [1.54, 1.807) is 43.3 Å². The van der Waals surface area contributed by atoms with Crippen LogP contribution >= 0.6 is 11.6 Å². The fourth-order valence-electron chi connectivity index (χ4n) is 4.58. The number of hydrogen-bond acceptors (Lipinski definition) is 6. The van der Waals surface area contributed by atoms with Crippen molar-refractivity contribution in [3.8, 4) is 5.69 Å². The van der Waals surface area contributed by atoms with E-state index >= 15 is 0 Å². The third-order valence-corrected chi connectivity index (χ3v) is 6.58. The van der Waals surface area contributed by atoms with Crippen LogP contribution in [0.5, 0.6) is 0 Å². The summed E-state index contributed by atoms with van der Waals surface area (Å²) in [6, 6.07) is 12.3. The van der Waals surface area contributed by atoms with Crippen LogP contribution in [0.3, 0.4) is 0 Å². The Kier molecular flexibility index (Phi) is 7.92. The van der Waals surface area contributed by atoms with E-state index in [-0.39, 0.29) is 37.2 Å². The highest BCUT2D eigenvalue weighted by Crippen LogP contribution is 2.20. The van der Waals surface area contributed by atoms with Crippen molar-refractivity contribution in [2.75, 3.05) is 19.7 Å². The molecule has 3 aromatic rings. The standard InChI is InChI=1S/C27H29ClN4O5/c1-4-37-26(35)20-8-10-30(11-9-20)24(33)23-25(34)31(16-19-6-5-7-21(28)15-19)27(36)32(29-23)22-13-17(2)12-18(3)14-22/h5-7,12-15,20H,4,8-11,16H2,1-3H3. The topological polar surface area (TPSA) is 104 Å². The molecule has 0 unspecified atom stereocenters. The number of nitrogens with zero attached hydrogens (tertiary/aromatic N) is 4. The number of benzene rings is 2. The smallest absolute Gasteiger partial charge is 0.352 e. The Labute approximate surface area is 219 Å². The number of piperidine rings is 1. The van der Waals surface area contributed by atoms with Gasteiger partial charge in [-0.1, -0.05) is 29.8 Å². The maximum absolute atomic E-state index is 13.5. The molecule has 10 heteroatoms. The first-order valence-electron chi connectivity index (χ1n) is 12.2. The number of carbonyl (C=O) groups excluding carboxylic acids is 2. The molecule has 1 aromatic heterocycles. The third-order valence-electron chi connectivity index (χ3n) is 6.35. The first kappa shape index (κ1) is 26.3. The quantitative estimate of drug-likeness (QED) is 0.459. The summed E-state index contributed by atoms with van der Waals surface area (Å²) in [6.45, 7) is 6.32. The minimum atomic E-state index is -0.775. The van der Waals surface area contributed by atoms with Crippen molar-refractivity contribution in [2.45, 2.75) is 40.2 Å². The van der Waals surface area contributed by atoms with E-state index in [0.717, 1.165) is 20.4 Å². The van der Waals surface area contributed by atoms with Gasteiger partial charge in [0.15, 0.2) is 0 Å². The maximum atomic E-state index is 13.5. The summed E-state index contributed by atoms with van der Waals surface area (Å²) in [5.74, 6) is -1.15. The first-order chi connectivity index (χ1) is 17.7. The highest BCUT2D eigenvalue weighted by molar-refractivity contribution is 6.30. The molecule has 37 heavy (non-hydrogen) atoms. The average Bonchev–Trinajstić information content (AvgIpc) is 2.86. The summed E-state index contributed by atoms with van der Waals surface area (Å²) in [4.78, 5) is 54.1. The number of esters is 1. The minimum absolute atomic E-state index is 0.0727. The Morgan fingerprint density at radius 1 is 1.05 bits per heavy atom. The molecule has 0 N–H and O–H groups in total. The molecule has 4 rings (SSSR count). The normalized spacial score (nSPS) is 14.0. The Hall–Kier alpha value is -3.72. The van der Waals surface area contributed by atoms with Gasteiger partial charge >= 0.3 is 11.7 Å². The Morgan fingerprint density at radius 3 is 2.35 bits per heavy atom. The monoisotopic (exact) mass is 524 g/mol. The van der Waals surface area contributed by atoms with Crippen LogP contribution in [0.4, 0.5) is 0 Å². The number of amides is 1. The predicted octanol–water partition coefficient (Wildman–Crippen LogP) is 3.13. The van der Waals surface area contributed by atoms with Crippen LogP contribution in [0.1, 0.15) is 46.9 Å². The van der Waals surface area contributed by atoms with Gasteiger partial charge in [0.05, 0.1) is 24.8 Å². The number of hydrogen-bond donors (Lipinski definition) is 0. The lowest BCUT2D eigenvalue weighted by atomic mass is 9.97. The van der Waals surface area contributed by atoms with Gasteiger partial charge in [0.1, 0.15) is 0 Å². The van der Waals surface area contributed by atoms with Crippen molar-refractivity contribution in [1.29, 1.82) is 0 Å². The second-order valence-electron chi connectivity index (χ2n) is 9.23. The summed E-state index contributed by atoms with van der Waals surface area (Å²) in [7, 11) is 0. The molecular formula is C27H29ClN4O5. The van der Waals surface area contributed by atoms with E-state index < -0.39 is 17.2 Å². The molecule has 0 radical (unpaired) electrons. The van der Waals surface area contributed by atoms with Crippen LogP contribution in [0, 0.1) is 19.8 Å². The van der Waals surface area contributed by atoms with E-state index in [1.165, 1.54) is 4.90 Å². The highest BCUT2D eigenvalue weighted by Gasteiger charge is 2.31. The van der Waals surface area contributed by atoms with Gasteiger partial charge in [-0.3, -0.25) is 19.0 Å². The zero-order valence-electron chi connectivity index (χ0n) is 21.1. The third kappa shape index (κ3) is 5.83. The molecule has 1 saturated heterocycles. The fourth-order valence-corrected chi connectivity index (χ4v) is 4.79. The zero-order chi connectivity index (χ0) is 26.7. The molecule has 0 bridgehead atoms. The van der Waals surface area contributed by atoms with Gasteiger partial charge in [0.2, 0.25) is 5.69 Å². The number of rotatable bonds is 6. The highest BCUT2D eigenvalue weighted by atomic mass is 35.5. The Balaban J connectivity index is 1.76. The molecule has 0 aliphatic carbocycles. The molecule has 2 aromatic carbocycles. The van der Waals surface area contributed by atoms with Gasteiger partial charge in [-0.2, -0.15) is 9.78 Å². The van der Waals surface area contributed by atoms with Gasteiger partial charge < -0.3 is 9.64 Å². The number of aromatic nitrogens is 3. The predicted molar refractivity (Wildman–Crippen MR) is 139 cm³/mol. The van der Waals surface area contributed by atoms with Gasteiger partial charge in [0.25, 0.3) is 11.5 Å². The molecule has 1 fully saturated rings. The van der Waals surface area contributed by atoms with Crippen molar-refractivity contribution in [3.05, 3.63) is 90.7 Å². The lowest BCUT2D eigenvalue weighted by Crippen LogP contribution is -2.48. The molecule has 2 heterocycles. The van der Waals surface area contributed by atoms with Crippen LogP contribution < -0.4 is 11.2 Å². The van der Waals surface area contributed by atoms with Gasteiger partial charge in [-0.25, -0.2) is 4.79 Å². The molecule has 9 nitrogen and oxygen atoms in total. The van der Waals surface area contributed by atoms with Crippen molar-refractivity contribution in [3.63, 3.8) is 0 Å². The van der Waals surface area contributed by atoms with Crippen molar-refractivity contribution >= 4 is 23.5 Å². The summed E-state index contributed by atoms with van der Waals surface area (Å²) in [5, 5.41) is 4.73. The summed E-state index contributed by atoms with van der Waals surface area (Å²) in [5.41, 5.74) is 1.12. The molecule has 1 amide bonds. The van der Waals surface area contributed by atoms with Crippen LogP contribution in [0.25, 0.3) is 5.69 Å². The summed E-state index contributed by atoms with van der Waals surface area (Å²) >= 11 is 6.11. The lowest BCUT2D eigenvalue weighted by Gasteiger charge is -2.30. The van der Waals surface area contributed by atoms with Crippen LogP contribution in [-0.4, -0.2) is 50.8 Å². The van der Waals surface area contributed by atoms with Gasteiger partial charge in [-0.05, 0) is 74.6 Å². The first-order valence-corrected chi connectivity index (χ1v) is 12.6. The number of aryl methyl sites for hydroxylation is 2. The molecule has 1 aliphatic heterocycles. The lowest BCUT2D eigenvalue weighted by molar-refractivity contribution is -0.149. The Morgan fingerprint density at radius 2 is 1.73 bits per heavy atom. The van der Waals surface area contributed by atoms with Crippen LogP contribution in [0.15, 0.2) is 52.1 Å². The van der Waals surface area contributed by atoms with Crippen molar-refractivity contribution in [1.82, 2.24) is 19.2 Å². The number of ether oxygens (including phenoxy) is 1. The van der Waals surface area contributed by atoms with Crippen molar-refractivity contribution < 1.29 is 14.3 Å². The largest absolute Gasteiger partial charge is 0.466 e. The van der Waals surface area contributed by atoms with Gasteiger partial charge in [-0.15, -0.1) is 0 Å². The van der Waals surface area contributed by atoms with Crippen LogP contribution in [0.2, 0.25) is 5.02 Å². The molecule has 194 valence electrons. The van der Waals surface area contributed by atoms with E-state index in [9.17, 15) is 19.2 Å². The number of likely N-dealkylation sites (tertiary alicyclic amines) is 1. The Bertz CT molecular complexity index is 1430. The molecule has 0 spiro atoms. The van der Waals surface area contributed by atoms with Crippen molar-refractivity contribution in [2.24, 2.45) is 5.92 Å². The zero-order valence-corrected chi connectivity index (χ0v) is 21.8. The minimum Gasteiger partial charge on any atom is -0.466 e. The molecule has 0 saturated carbocycles. The van der Waals surface area contributed by atoms with E-state index in [1.807, 2.05) is 19.9 Å². The van der Waals surface area contributed by atoms with Gasteiger partial charge in [0, 0.05) is 18.1 Å². The molecule has 1 aliphatic rings. The molecular weight excluding hydrogens is 496 g/mol. The SMILES string of the molecule is CCOC(=O)C1CCN(C(=O)c2nn(-c3cc(C)cc(C)c3)c(=O)n(Cc3cccc(Cl)c3)c2=O)CC1. The number of halogens is 1. The van der Waals surface area contributed by atoms with E-state index in [4.69, 9.17) is 16.3 Å².